The molecule has 2 aromatic carbocycles. The molecule has 13 heteroatoms. The lowest BCUT2D eigenvalue weighted by molar-refractivity contribution is -0.137. The highest BCUT2D eigenvalue weighted by Crippen LogP contribution is 2.30. The molecule has 8 nitrogen and oxygen atoms in total. The Balaban J connectivity index is 1.76. The SMILES string of the molecule is COC(=O)c1cc(NC(=O)c2cccc(C(F)(F)F)c2)c(=O)oc1C/C=N\OCc1cccc(Cl)c1Cl. The Hall–Kier alpha value is -3.83. The topological polar surface area (TPSA) is 107 Å². The van der Waals surface area contributed by atoms with Gasteiger partial charge in [-0.2, -0.15) is 13.2 Å². The first-order valence-electron chi connectivity index (χ1n) is 10.3. The van der Waals surface area contributed by atoms with Crippen LogP contribution in [0, 0.1) is 0 Å². The predicted octanol–water partition coefficient (Wildman–Crippen LogP) is 5.75. The number of rotatable bonds is 8. The minimum atomic E-state index is -4.67. The van der Waals surface area contributed by atoms with Gasteiger partial charge < -0.3 is 19.3 Å². The lowest BCUT2D eigenvalue weighted by Gasteiger charge is -2.10. The molecule has 0 radical (unpaired) electrons. The number of carbonyl (C=O) groups excluding carboxylic acids is 2. The van der Waals surface area contributed by atoms with Crippen LogP contribution >= 0.6 is 23.2 Å². The molecule has 0 atom stereocenters. The molecular formula is C24H17Cl2F3N2O6. The van der Waals surface area contributed by atoms with Crippen molar-refractivity contribution in [1.29, 1.82) is 0 Å². The monoisotopic (exact) mass is 556 g/mol. The third kappa shape index (κ3) is 7.11. The van der Waals surface area contributed by atoms with Gasteiger partial charge in [-0.3, -0.25) is 4.79 Å². The lowest BCUT2D eigenvalue weighted by Crippen LogP contribution is -2.21. The molecule has 0 bridgehead atoms. The van der Waals surface area contributed by atoms with Gasteiger partial charge in [0.2, 0.25) is 0 Å². The summed E-state index contributed by atoms with van der Waals surface area (Å²) in [7, 11) is 1.09. The van der Waals surface area contributed by atoms with Crippen molar-refractivity contribution in [3.8, 4) is 0 Å². The number of amides is 1. The van der Waals surface area contributed by atoms with Crippen LogP contribution in [0.25, 0.3) is 0 Å². The fraction of sp³-hybridized carbons (Fsp3) is 0.167. The largest absolute Gasteiger partial charge is 0.465 e. The number of hydrogen-bond donors (Lipinski definition) is 1. The number of benzene rings is 2. The first-order chi connectivity index (χ1) is 17.5. The van der Waals surface area contributed by atoms with Gasteiger partial charge in [-0.1, -0.05) is 46.6 Å². The molecule has 37 heavy (non-hydrogen) atoms. The summed E-state index contributed by atoms with van der Waals surface area (Å²) >= 11 is 12.0. The van der Waals surface area contributed by atoms with Gasteiger partial charge in [0.05, 0.1) is 28.9 Å². The standard InChI is InChI=1S/C24H17Cl2F3N2O6/c1-35-22(33)16-11-18(31-21(32)13-4-2-6-15(10-13)24(27,28)29)23(34)37-19(16)8-9-30-36-12-14-5-3-7-17(25)20(14)26/h2-7,9-11H,8,12H2,1H3,(H,31,32)/b30-9-. The summed E-state index contributed by atoms with van der Waals surface area (Å²) in [5.74, 6) is -2.06. The number of oxime groups is 1. The van der Waals surface area contributed by atoms with E-state index in [4.69, 9.17) is 32.5 Å². The number of nitrogens with one attached hydrogen (secondary N) is 1. The highest BCUT2D eigenvalue weighted by molar-refractivity contribution is 6.42. The zero-order chi connectivity index (χ0) is 27.2. The maximum absolute atomic E-state index is 12.9. The van der Waals surface area contributed by atoms with E-state index >= 15 is 0 Å². The highest BCUT2D eigenvalue weighted by Gasteiger charge is 2.31. The first-order valence-corrected chi connectivity index (χ1v) is 11.1. The Labute approximate surface area is 217 Å². The van der Waals surface area contributed by atoms with E-state index < -0.39 is 34.9 Å². The van der Waals surface area contributed by atoms with Gasteiger partial charge in [-0.05, 0) is 30.3 Å². The highest BCUT2D eigenvalue weighted by atomic mass is 35.5. The van der Waals surface area contributed by atoms with E-state index in [1.54, 1.807) is 18.2 Å². The zero-order valence-electron chi connectivity index (χ0n) is 18.9. The van der Waals surface area contributed by atoms with E-state index in [0.717, 1.165) is 31.4 Å². The van der Waals surface area contributed by atoms with E-state index in [1.807, 2.05) is 0 Å². The van der Waals surface area contributed by atoms with Crippen molar-refractivity contribution < 1.29 is 36.8 Å². The van der Waals surface area contributed by atoms with Crippen molar-refractivity contribution in [3.05, 3.63) is 97.0 Å². The minimum absolute atomic E-state index is 0.00971. The Morgan fingerprint density at radius 3 is 2.57 bits per heavy atom. The third-order valence-electron chi connectivity index (χ3n) is 4.81. The van der Waals surface area contributed by atoms with Crippen LogP contribution in [0.2, 0.25) is 10.0 Å². The predicted molar refractivity (Wildman–Crippen MR) is 129 cm³/mol. The fourth-order valence-corrected chi connectivity index (χ4v) is 3.37. The number of alkyl halides is 3. The van der Waals surface area contributed by atoms with E-state index in [9.17, 15) is 27.6 Å². The summed E-state index contributed by atoms with van der Waals surface area (Å²) < 4.78 is 48.6. The summed E-state index contributed by atoms with van der Waals surface area (Å²) in [5, 5.41) is 6.53. The first kappa shape index (κ1) is 27.8. The third-order valence-corrected chi connectivity index (χ3v) is 5.67. The molecule has 1 amide bonds. The quantitative estimate of drug-likeness (QED) is 0.215. The smallest absolute Gasteiger partial charge is 0.416 e. The average molecular weight is 557 g/mol. The number of halogens is 5. The van der Waals surface area contributed by atoms with Gasteiger partial charge in [0.25, 0.3) is 5.91 Å². The van der Waals surface area contributed by atoms with Crippen LogP contribution in [-0.2, 0) is 28.8 Å². The van der Waals surface area contributed by atoms with Crippen LogP contribution in [0.3, 0.4) is 0 Å². The van der Waals surface area contributed by atoms with Crippen molar-refractivity contribution in [2.24, 2.45) is 5.16 Å². The van der Waals surface area contributed by atoms with Crippen LogP contribution in [-0.4, -0.2) is 25.2 Å². The molecule has 0 aliphatic carbocycles. The Morgan fingerprint density at radius 1 is 1.14 bits per heavy atom. The van der Waals surface area contributed by atoms with Crippen molar-refractivity contribution in [1.82, 2.24) is 0 Å². The number of anilines is 1. The van der Waals surface area contributed by atoms with E-state index in [2.05, 4.69) is 15.2 Å². The number of nitrogens with zero attached hydrogens (tertiary/aromatic N) is 1. The van der Waals surface area contributed by atoms with Gasteiger partial charge in [-0.25, -0.2) is 9.59 Å². The van der Waals surface area contributed by atoms with Crippen LogP contribution in [0.1, 0.15) is 37.6 Å². The van der Waals surface area contributed by atoms with Gasteiger partial charge in [-0.15, -0.1) is 0 Å². The van der Waals surface area contributed by atoms with E-state index in [-0.39, 0.29) is 29.9 Å². The Bertz CT molecular complexity index is 1410. The molecule has 1 heterocycles. The van der Waals surface area contributed by atoms with Gasteiger partial charge in [0, 0.05) is 17.5 Å². The molecule has 0 fully saturated rings. The number of hydrogen-bond acceptors (Lipinski definition) is 7. The van der Waals surface area contributed by atoms with Crippen LogP contribution in [0.5, 0.6) is 0 Å². The van der Waals surface area contributed by atoms with Crippen molar-refractivity contribution >= 4 is 47.0 Å². The van der Waals surface area contributed by atoms with Crippen molar-refractivity contribution in [2.75, 3.05) is 12.4 Å². The van der Waals surface area contributed by atoms with E-state index in [0.29, 0.717) is 21.7 Å². The van der Waals surface area contributed by atoms with Gasteiger partial charge in [0.15, 0.2) is 0 Å². The number of ether oxygens (including phenoxy) is 1. The van der Waals surface area contributed by atoms with Gasteiger partial charge >= 0.3 is 17.8 Å². The maximum Gasteiger partial charge on any atom is 0.416 e. The molecule has 0 saturated heterocycles. The second-order valence-electron chi connectivity index (χ2n) is 7.29. The number of esters is 1. The summed E-state index contributed by atoms with van der Waals surface area (Å²) in [6.07, 6.45) is -3.63. The number of methoxy groups -OCH3 is 1. The second-order valence-corrected chi connectivity index (χ2v) is 8.07. The molecule has 0 aliphatic rings. The minimum Gasteiger partial charge on any atom is -0.465 e. The van der Waals surface area contributed by atoms with Crippen LogP contribution in [0.4, 0.5) is 18.9 Å². The summed E-state index contributed by atoms with van der Waals surface area (Å²) in [6, 6.07) is 9.58. The van der Waals surface area contributed by atoms with E-state index in [1.165, 1.54) is 6.21 Å². The molecular weight excluding hydrogens is 540 g/mol. The summed E-state index contributed by atoms with van der Waals surface area (Å²) in [5.41, 5.74) is -2.57. The zero-order valence-corrected chi connectivity index (χ0v) is 20.4. The van der Waals surface area contributed by atoms with Gasteiger partial charge in [0.1, 0.15) is 23.6 Å². The molecule has 1 N–H and O–H groups in total. The van der Waals surface area contributed by atoms with Crippen molar-refractivity contribution in [3.63, 3.8) is 0 Å². The van der Waals surface area contributed by atoms with Crippen LogP contribution < -0.4 is 10.9 Å². The second kappa shape index (κ2) is 11.9. The van der Waals surface area contributed by atoms with Crippen LogP contribution in [0.15, 0.2) is 62.9 Å². The molecule has 3 rings (SSSR count). The summed E-state index contributed by atoms with van der Waals surface area (Å²) in [6.45, 7) is -0.00971. The molecule has 3 aromatic rings. The molecule has 0 aliphatic heterocycles. The lowest BCUT2D eigenvalue weighted by atomic mass is 10.1. The average Bonchev–Trinajstić information content (AvgIpc) is 2.86. The van der Waals surface area contributed by atoms with Crippen molar-refractivity contribution in [2.45, 2.75) is 19.2 Å². The normalized spacial score (nSPS) is 11.4. The number of carbonyl (C=O) groups is 2. The molecule has 0 spiro atoms. The summed E-state index contributed by atoms with van der Waals surface area (Å²) in [4.78, 5) is 42.3. The molecule has 1 aromatic heterocycles. The molecule has 194 valence electrons. The maximum atomic E-state index is 12.9. The molecule has 0 unspecified atom stereocenters. The molecule has 0 saturated carbocycles. The Kier molecular flexibility index (Phi) is 8.95. The fourth-order valence-electron chi connectivity index (χ4n) is 3.00. The Morgan fingerprint density at radius 2 is 1.86 bits per heavy atom.